The van der Waals surface area contributed by atoms with Crippen LogP contribution in [0.1, 0.15) is 71.1 Å². The normalized spacial score (nSPS) is 28.1. The lowest BCUT2D eigenvalue weighted by Crippen LogP contribution is -2.30. The molecule has 0 aromatic heterocycles. The fraction of sp³-hybridized carbons (Fsp3) is 0.696. The maximum absolute atomic E-state index is 12.5. The van der Waals surface area contributed by atoms with Crippen molar-refractivity contribution in [3.05, 3.63) is 24.3 Å². The topological polar surface area (TPSA) is 35.5 Å². The van der Waals surface area contributed by atoms with Crippen LogP contribution in [0.4, 0.5) is 8.78 Å². The maximum atomic E-state index is 12.5. The lowest BCUT2D eigenvalue weighted by atomic mass is 9.69. The van der Waals surface area contributed by atoms with Gasteiger partial charge in [0.15, 0.2) is 0 Å². The number of esters is 1. The molecule has 0 amide bonds. The van der Waals surface area contributed by atoms with Crippen LogP contribution in [0.25, 0.3) is 0 Å². The van der Waals surface area contributed by atoms with E-state index in [1.54, 1.807) is 0 Å². The Hall–Kier alpha value is -1.65. The molecule has 2 saturated carbocycles. The van der Waals surface area contributed by atoms with E-state index in [0.717, 1.165) is 43.4 Å². The minimum absolute atomic E-state index is 0.0512. The monoisotopic (exact) mass is 394 g/mol. The quantitative estimate of drug-likeness (QED) is 0.386. The second-order valence-corrected chi connectivity index (χ2v) is 8.45. The van der Waals surface area contributed by atoms with E-state index >= 15 is 0 Å². The highest BCUT2D eigenvalue weighted by Gasteiger charge is 2.33. The standard InChI is InChI=1S/C23H32F2O3/c1-2-3-16-4-6-17(7-5-16)18-8-10-19(11-9-18)22(26)27-20-12-14-21(15-13-20)28-23(24)25/h12-19,23H,2-11H2,1H3/t16-,17-,18-,19-. The van der Waals surface area contributed by atoms with Crippen molar-refractivity contribution in [1.82, 2.24) is 0 Å². The molecule has 3 rings (SSSR count). The van der Waals surface area contributed by atoms with Gasteiger partial charge in [-0.1, -0.05) is 32.6 Å². The van der Waals surface area contributed by atoms with Crippen LogP contribution in [-0.2, 0) is 4.79 Å². The van der Waals surface area contributed by atoms with Gasteiger partial charge < -0.3 is 9.47 Å². The van der Waals surface area contributed by atoms with Crippen LogP contribution in [0, 0.1) is 23.7 Å². The van der Waals surface area contributed by atoms with Gasteiger partial charge in [0.2, 0.25) is 0 Å². The largest absolute Gasteiger partial charge is 0.435 e. The first-order valence-corrected chi connectivity index (χ1v) is 10.8. The van der Waals surface area contributed by atoms with Crippen LogP contribution in [0.3, 0.4) is 0 Å². The Morgan fingerprint density at radius 2 is 1.46 bits per heavy atom. The van der Waals surface area contributed by atoms with Gasteiger partial charge in [-0.25, -0.2) is 0 Å². The van der Waals surface area contributed by atoms with E-state index in [1.807, 2.05) is 0 Å². The zero-order valence-electron chi connectivity index (χ0n) is 16.7. The molecular formula is C23H32F2O3. The number of benzene rings is 1. The Kier molecular flexibility index (Phi) is 7.69. The van der Waals surface area contributed by atoms with E-state index < -0.39 is 6.61 Å². The zero-order chi connectivity index (χ0) is 19.9. The smallest absolute Gasteiger partial charge is 0.387 e. The van der Waals surface area contributed by atoms with Crippen LogP contribution in [0.15, 0.2) is 24.3 Å². The molecule has 28 heavy (non-hydrogen) atoms. The number of halogens is 2. The summed E-state index contributed by atoms with van der Waals surface area (Å²) in [6.45, 7) is -0.580. The molecule has 0 atom stereocenters. The van der Waals surface area contributed by atoms with Gasteiger partial charge in [0.1, 0.15) is 11.5 Å². The average molecular weight is 395 g/mol. The first-order valence-electron chi connectivity index (χ1n) is 10.8. The summed E-state index contributed by atoms with van der Waals surface area (Å²) in [7, 11) is 0. The average Bonchev–Trinajstić information content (AvgIpc) is 2.70. The molecule has 3 nitrogen and oxygen atoms in total. The van der Waals surface area contributed by atoms with Crippen LogP contribution in [-0.4, -0.2) is 12.6 Å². The SMILES string of the molecule is CCC[C@H]1CC[C@H]([C@H]2CC[C@H](C(=O)Oc3ccc(OC(F)F)cc3)CC2)CC1. The van der Waals surface area contributed by atoms with Crippen molar-refractivity contribution in [2.24, 2.45) is 23.7 Å². The third kappa shape index (κ3) is 5.92. The van der Waals surface area contributed by atoms with Gasteiger partial charge in [-0.05, 0) is 80.5 Å². The van der Waals surface area contributed by atoms with Gasteiger partial charge in [0.05, 0.1) is 5.92 Å². The van der Waals surface area contributed by atoms with Crippen molar-refractivity contribution in [1.29, 1.82) is 0 Å². The molecule has 0 bridgehead atoms. The molecule has 0 saturated heterocycles. The Bertz CT molecular complexity index is 601. The summed E-state index contributed by atoms with van der Waals surface area (Å²) in [5, 5.41) is 0. The number of carbonyl (C=O) groups excluding carboxylic acids is 1. The molecule has 2 fully saturated rings. The van der Waals surface area contributed by atoms with Crippen molar-refractivity contribution >= 4 is 5.97 Å². The van der Waals surface area contributed by atoms with Gasteiger partial charge in [-0.15, -0.1) is 0 Å². The highest BCUT2D eigenvalue weighted by atomic mass is 19.3. The summed E-state index contributed by atoms with van der Waals surface area (Å²) >= 11 is 0. The summed E-state index contributed by atoms with van der Waals surface area (Å²) in [5.74, 6) is 2.72. The lowest BCUT2D eigenvalue weighted by molar-refractivity contribution is -0.140. The Morgan fingerprint density at radius 3 is 2.00 bits per heavy atom. The van der Waals surface area contributed by atoms with Gasteiger partial charge in [0.25, 0.3) is 0 Å². The van der Waals surface area contributed by atoms with E-state index in [2.05, 4.69) is 11.7 Å². The molecule has 1 aromatic carbocycles. The van der Waals surface area contributed by atoms with E-state index in [0.29, 0.717) is 5.75 Å². The van der Waals surface area contributed by atoms with E-state index in [9.17, 15) is 13.6 Å². The number of hydrogen-bond donors (Lipinski definition) is 0. The molecule has 1 aromatic rings. The fourth-order valence-electron chi connectivity index (χ4n) is 5.07. The van der Waals surface area contributed by atoms with E-state index in [1.165, 1.54) is 62.8 Å². The summed E-state index contributed by atoms with van der Waals surface area (Å²) in [5.41, 5.74) is 0. The van der Waals surface area contributed by atoms with Crippen LogP contribution in [0.2, 0.25) is 0 Å². The highest BCUT2D eigenvalue weighted by molar-refractivity contribution is 5.75. The third-order valence-corrected chi connectivity index (χ3v) is 6.63. The minimum Gasteiger partial charge on any atom is -0.435 e. The molecule has 0 radical (unpaired) electrons. The first kappa shape index (κ1) is 21.1. The van der Waals surface area contributed by atoms with Crippen molar-refractivity contribution in [2.45, 2.75) is 77.7 Å². The summed E-state index contributed by atoms with van der Waals surface area (Å²) in [4.78, 5) is 12.5. The second kappa shape index (κ2) is 10.2. The van der Waals surface area contributed by atoms with Crippen LogP contribution >= 0.6 is 0 Å². The van der Waals surface area contributed by atoms with Crippen LogP contribution in [0.5, 0.6) is 11.5 Å². The number of rotatable bonds is 7. The summed E-state index contributed by atoms with van der Waals surface area (Å²) < 4.78 is 34.1. The molecule has 0 N–H and O–H groups in total. The second-order valence-electron chi connectivity index (χ2n) is 8.45. The van der Waals surface area contributed by atoms with Gasteiger partial charge in [0, 0.05) is 0 Å². The highest BCUT2D eigenvalue weighted by Crippen LogP contribution is 2.42. The molecule has 0 unspecified atom stereocenters. The Labute approximate surface area is 166 Å². The molecule has 5 heteroatoms. The molecule has 0 spiro atoms. The molecule has 2 aliphatic carbocycles. The van der Waals surface area contributed by atoms with Crippen molar-refractivity contribution in [3.63, 3.8) is 0 Å². The van der Waals surface area contributed by atoms with E-state index in [4.69, 9.17) is 4.74 Å². The van der Waals surface area contributed by atoms with Gasteiger partial charge in [-0.3, -0.25) is 4.79 Å². The minimum atomic E-state index is -2.86. The van der Waals surface area contributed by atoms with Gasteiger partial charge in [-0.2, -0.15) is 8.78 Å². The van der Waals surface area contributed by atoms with Crippen molar-refractivity contribution < 1.29 is 23.0 Å². The third-order valence-electron chi connectivity index (χ3n) is 6.63. The predicted octanol–water partition coefficient (Wildman–Crippen LogP) is 6.61. The Morgan fingerprint density at radius 1 is 0.929 bits per heavy atom. The molecular weight excluding hydrogens is 362 g/mol. The van der Waals surface area contributed by atoms with Crippen LogP contribution < -0.4 is 9.47 Å². The maximum Gasteiger partial charge on any atom is 0.387 e. The fourth-order valence-corrected chi connectivity index (χ4v) is 5.07. The van der Waals surface area contributed by atoms with Crippen molar-refractivity contribution in [3.8, 4) is 11.5 Å². The summed E-state index contributed by atoms with van der Waals surface area (Å²) in [6, 6.07) is 5.77. The number of alkyl halides is 2. The molecule has 0 aliphatic heterocycles. The first-order chi connectivity index (χ1) is 13.5. The Balaban J connectivity index is 1.41. The number of ether oxygens (including phenoxy) is 2. The van der Waals surface area contributed by atoms with E-state index in [-0.39, 0.29) is 17.6 Å². The molecule has 2 aliphatic rings. The predicted molar refractivity (Wildman–Crippen MR) is 105 cm³/mol. The zero-order valence-corrected chi connectivity index (χ0v) is 16.7. The molecule has 0 heterocycles. The summed E-state index contributed by atoms with van der Waals surface area (Å²) in [6.07, 6.45) is 12.2. The number of hydrogen-bond acceptors (Lipinski definition) is 3. The number of carbonyl (C=O) groups is 1. The molecule has 156 valence electrons. The lowest BCUT2D eigenvalue weighted by Gasteiger charge is -2.37. The van der Waals surface area contributed by atoms with Crippen molar-refractivity contribution in [2.75, 3.05) is 0 Å². The van der Waals surface area contributed by atoms with Gasteiger partial charge >= 0.3 is 12.6 Å².